The summed E-state index contributed by atoms with van der Waals surface area (Å²) in [5.74, 6) is 0.905. The Labute approximate surface area is 106 Å². The number of halogens is 1. The average molecular weight is 251 g/mol. The van der Waals surface area contributed by atoms with Crippen LogP contribution in [0, 0.1) is 0 Å². The Balaban J connectivity index is 1.81. The molecule has 17 heavy (non-hydrogen) atoms. The first-order valence-electron chi connectivity index (χ1n) is 5.50. The van der Waals surface area contributed by atoms with Crippen molar-refractivity contribution >= 4 is 11.6 Å². The highest BCUT2D eigenvalue weighted by Gasteiger charge is 2.07. The van der Waals surface area contributed by atoms with Gasteiger partial charge in [-0.1, -0.05) is 30.3 Å². The highest BCUT2D eigenvalue weighted by molar-refractivity contribution is 6.21. The fourth-order valence-electron chi connectivity index (χ4n) is 1.57. The molecule has 1 heterocycles. The van der Waals surface area contributed by atoms with E-state index < -0.39 is 0 Å². The van der Waals surface area contributed by atoms with Crippen molar-refractivity contribution in [2.45, 2.75) is 11.9 Å². The van der Waals surface area contributed by atoms with Crippen molar-refractivity contribution in [3.05, 3.63) is 48.0 Å². The number of alkyl halides is 1. The Hall–Kier alpha value is -1.39. The zero-order chi connectivity index (χ0) is 12.1. The van der Waals surface area contributed by atoms with E-state index in [4.69, 9.17) is 11.6 Å². The second-order valence-corrected chi connectivity index (χ2v) is 4.34. The van der Waals surface area contributed by atoms with Gasteiger partial charge in [-0.25, -0.2) is 4.98 Å². The highest BCUT2D eigenvalue weighted by atomic mass is 35.5. The molecule has 2 rings (SSSR count). The van der Waals surface area contributed by atoms with Crippen LogP contribution < -0.4 is 5.32 Å². The summed E-state index contributed by atoms with van der Waals surface area (Å²) in [6, 6.07) is 10.0. The van der Waals surface area contributed by atoms with Gasteiger partial charge in [-0.15, -0.1) is 11.6 Å². The summed E-state index contributed by atoms with van der Waals surface area (Å²) in [7, 11) is 1.87. The molecule has 2 aromatic rings. The summed E-state index contributed by atoms with van der Waals surface area (Å²) in [5, 5.41) is 7.25. The second-order valence-electron chi connectivity index (χ2n) is 3.81. The number of aromatic nitrogens is 3. The van der Waals surface area contributed by atoms with Crippen molar-refractivity contribution < 1.29 is 0 Å². The zero-order valence-corrected chi connectivity index (χ0v) is 10.4. The zero-order valence-electron chi connectivity index (χ0n) is 9.68. The van der Waals surface area contributed by atoms with E-state index in [1.807, 2.05) is 37.4 Å². The summed E-state index contributed by atoms with van der Waals surface area (Å²) in [6.07, 6.45) is 1.55. The number of hydrogen-bond acceptors (Lipinski definition) is 3. The van der Waals surface area contributed by atoms with Gasteiger partial charge in [0, 0.05) is 13.6 Å². The third-order valence-corrected chi connectivity index (χ3v) is 2.98. The molecule has 1 atom stereocenters. The van der Waals surface area contributed by atoms with Crippen LogP contribution in [0.2, 0.25) is 0 Å². The predicted octanol–water partition coefficient (Wildman–Crippen LogP) is 1.88. The van der Waals surface area contributed by atoms with Crippen LogP contribution >= 0.6 is 11.6 Å². The van der Waals surface area contributed by atoms with Crippen LogP contribution in [0.4, 0.5) is 0 Å². The Kier molecular flexibility index (Phi) is 4.12. The van der Waals surface area contributed by atoms with Crippen molar-refractivity contribution in [1.29, 1.82) is 0 Å². The number of nitrogens with zero attached hydrogens (tertiary/aromatic N) is 3. The van der Waals surface area contributed by atoms with Crippen molar-refractivity contribution in [1.82, 2.24) is 20.1 Å². The Bertz CT molecular complexity index is 455. The molecule has 0 radical (unpaired) electrons. The van der Waals surface area contributed by atoms with Gasteiger partial charge >= 0.3 is 0 Å². The summed E-state index contributed by atoms with van der Waals surface area (Å²) < 4.78 is 1.75. The van der Waals surface area contributed by atoms with E-state index in [9.17, 15) is 0 Å². The molecular weight excluding hydrogens is 236 g/mol. The normalized spacial score (nSPS) is 12.6. The number of nitrogens with one attached hydrogen (secondary N) is 1. The first kappa shape index (κ1) is 12.1. The third kappa shape index (κ3) is 3.28. The Morgan fingerprint density at radius 2 is 2.12 bits per heavy atom. The van der Waals surface area contributed by atoms with Crippen LogP contribution in [0.3, 0.4) is 0 Å². The lowest BCUT2D eigenvalue weighted by Crippen LogP contribution is -2.20. The van der Waals surface area contributed by atoms with Crippen LogP contribution in [0.1, 0.15) is 16.8 Å². The van der Waals surface area contributed by atoms with Crippen LogP contribution in [-0.4, -0.2) is 21.3 Å². The molecule has 1 N–H and O–H groups in total. The summed E-state index contributed by atoms with van der Waals surface area (Å²) in [4.78, 5) is 4.13. The van der Waals surface area contributed by atoms with E-state index in [2.05, 4.69) is 15.4 Å². The van der Waals surface area contributed by atoms with Crippen molar-refractivity contribution in [3.8, 4) is 0 Å². The number of rotatable bonds is 5. The highest BCUT2D eigenvalue weighted by Crippen LogP contribution is 2.18. The molecule has 4 nitrogen and oxygen atoms in total. The van der Waals surface area contributed by atoms with Crippen molar-refractivity contribution in [3.63, 3.8) is 0 Å². The minimum Gasteiger partial charge on any atom is -0.308 e. The molecule has 0 amide bonds. The molecular formula is C12H15ClN4. The first-order chi connectivity index (χ1) is 8.27. The first-order valence-corrected chi connectivity index (χ1v) is 5.93. The number of hydrogen-bond donors (Lipinski definition) is 1. The Morgan fingerprint density at radius 1 is 1.35 bits per heavy atom. The van der Waals surface area contributed by atoms with Crippen LogP contribution in [0.25, 0.3) is 0 Å². The van der Waals surface area contributed by atoms with E-state index in [0.29, 0.717) is 13.1 Å². The second kappa shape index (κ2) is 5.80. The molecule has 0 spiro atoms. The SMILES string of the molecule is Cn1ncnc1CNCC(Cl)c1ccccc1. The smallest absolute Gasteiger partial charge is 0.140 e. The van der Waals surface area contributed by atoms with Crippen molar-refractivity contribution in [2.24, 2.45) is 7.05 Å². The number of aryl methyl sites for hydroxylation is 1. The predicted molar refractivity (Wildman–Crippen MR) is 67.7 cm³/mol. The van der Waals surface area contributed by atoms with Gasteiger partial charge in [0.1, 0.15) is 12.2 Å². The van der Waals surface area contributed by atoms with Gasteiger partial charge in [-0.05, 0) is 5.56 Å². The van der Waals surface area contributed by atoms with E-state index in [1.54, 1.807) is 11.0 Å². The Morgan fingerprint density at radius 3 is 2.76 bits per heavy atom. The third-order valence-electron chi connectivity index (χ3n) is 2.57. The van der Waals surface area contributed by atoms with Crippen molar-refractivity contribution in [2.75, 3.05) is 6.54 Å². The molecule has 0 fully saturated rings. The molecule has 1 aromatic carbocycles. The van der Waals surface area contributed by atoms with Crippen LogP contribution in [0.15, 0.2) is 36.7 Å². The topological polar surface area (TPSA) is 42.7 Å². The van der Waals surface area contributed by atoms with Gasteiger partial charge in [-0.2, -0.15) is 5.10 Å². The standard InChI is InChI=1S/C12H15ClN4/c1-17-12(15-9-16-17)8-14-7-11(13)10-5-3-2-4-6-10/h2-6,9,11,14H,7-8H2,1H3. The van der Waals surface area contributed by atoms with Gasteiger partial charge < -0.3 is 5.32 Å². The molecule has 0 aliphatic rings. The summed E-state index contributed by atoms with van der Waals surface area (Å²) >= 11 is 6.28. The molecule has 0 aliphatic carbocycles. The quantitative estimate of drug-likeness (QED) is 0.824. The van der Waals surface area contributed by atoms with E-state index >= 15 is 0 Å². The molecule has 0 aliphatic heterocycles. The van der Waals surface area contributed by atoms with Crippen LogP contribution in [-0.2, 0) is 13.6 Å². The lowest BCUT2D eigenvalue weighted by Gasteiger charge is -2.10. The summed E-state index contributed by atoms with van der Waals surface area (Å²) in [6.45, 7) is 1.38. The van der Waals surface area contributed by atoms with Gasteiger partial charge in [0.25, 0.3) is 0 Å². The maximum Gasteiger partial charge on any atom is 0.140 e. The maximum absolute atomic E-state index is 6.28. The van der Waals surface area contributed by atoms with Gasteiger partial charge in [0.15, 0.2) is 0 Å². The fraction of sp³-hybridized carbons (Fsp3) is 0.333. The van der Waals surface area contributed by atoms with Gasteiger partial charge in [0.2, 0.25) is 0 Å². The monoisotopic (exact) mass is 250 g/mol. The molecule has 0 saturated heterocycles. The molecule has 5 heteroatoms. The fourth-order valence-corrected chi connectivity index (χ4v) is 1.83. The molecule has 1 aromatic heterocycles. The molecule has 0 bridgehead atoms. The van der Waals surface area contributed by atoms with E-state index in [1.165, 1.54) is 0 Å². The average Bonchev–Trinajstić information content (AvgIpc) is 2.76. The molecule has 0 saturated carbocycles. The largest absolute Gasteiger partial charge is 0.308 e. The maximum atomic E-state index is 6.28. The molecule has 1 unspecified atom stereocenters. The number of benzene rings is 1. The summed E-state index contributed by atoms with van der Waals surface area (Å²) in [5.41, 5.74) is 1.12. The van der Waals surface area contributed by atoms with Gasteiger partial charge in [-0.3, -0.25) is 4.68 Å². The van der Waals surface area contributed by atoms with Crippen LogP contribution in [0.5, 0.6) is 0 Å². The van der Waals surface area contributed by atoms with E-state index in [0.717, 1.165) is 11.4 Å². The minimum atomic E-state index is -0.0237. The lowest BCUT2D eigenvalue weighted by atomic mass is 10.1. The van der Waals surface area contributed by atoms with Gasteiger partial charge in [0.05, 0.1) is 11.9 Å². The molecule has 90 valence electrons. The minimum absolute atomic E-state index is 0.0237. The lowest BCUT2D eigenvalue weighted by molar-refractivity contribution is 0.608. The van der Waals surface area contributed by atoms with E-state index in [-0.39, 0.29) is 5.38 Å².